The van der Waals surface area contributed by atoms with Crippen LogP contribution in [0.4, 0.5) is 5.69 Å². The summed E-state index contributed by atoms with van der Waals surface area (Å²) in [7, 11) is 0. The van der Waals surface area contributed by atoms with E-state index in [0.717, 1.165) is 32.6 Å². The Balaban J connectivity index is 0.00000108. The molecule has 4 heteroatoms. The smallest absolute Gasteiger partial charge is 0.104 e. The quantitative estimate of drug-likeness (QED) is 0.670. The summed E-state index contributed by atoms with van der Waals surface area (Å²) in [6.07, 6.45) is 2.02. The van der Waals surface area contributed by atoms with E-state index in [2.05, 4.69) is 17.1 Å². The second kappa shape index (κ2) is 4.67. The number of thioether (sulfide) groups is 1. The lowest BCUT2D eigenvalue weighted by atomic mass is 10.0. The third-order valence-corrected chi connectivity index (χ3v) is 3.48. The Bertz CT molecular complexity index is 671. The third kappa shape index (κ3) is 1.74. The number of aliphatic imine (C=N–C) groups is 1. The van der Waals surface area contributed by atoms with Crippen LogP contribution in [0.5, 0.6) is 0 Å². The molecule has 1 aliphatic rings. The van der Waals surface area contributed by atoms with Gasteiger partial charge in [0.15, 0.2) is 0 Å². The van der Waals surface area contributed by atoms with E-state index >= 15 is 0 Å². The average Bonchev–Trinajstić information content (AvgIpc) is 2.70. The highest BCUT2D eigenvalue weighted by Gasteiger charge is 2.18. The molecule has 2 aromatic rings. The molecule has 0 fully saturated rings. The fourth-order valence-corrected chi connectivity index (χ4v) is 2.66. The number of benzene rings is 2. The fourth-order valence-electron chi connectivity index (χ4n) is 2.08. The van der Waals surface area contributed by atoms with Crippen LogP contribution in [0, 0.1) is 11.3 Å². The molecule has 0 saturated heterocycles. The molecule has 0 bridgehead atoms. The predicted octanol–water partition coefficient (Wildman–Crippen LogP) is 4.08. The second-order valence-corrected chi connectivity index (χ2v) is 4.39. The SMILES string of the molecule is CSC1=Nc2ccc(C#N)c3cccc1c23.I. The lowest BCUT2D eigenvalue weighted by Gasteiger charge is -2.02. The Morgan fingerprint density at radius 1 is 1.24 bits per heavy atom. The van der Waals surface area contributed by atoms with E-state index in [9.17, 15) is 0 Å². The van der Waals surface area contributed by atoms with Gasteiger partial charge in [0.05, 0.1) is 17.3 Å². The maximum absolute atomic E-state index is 9.07. The van der Waals surface area contributed by atoms with Gasteiger partial charge >= 0.3 is 0 Å². The molecule has 0 aliphatic carbocycles. The van der Waals surface area contributed by atoms with Crippen molar-refractivity contribution < 1.29 is 0 Å². The van der Waals surface area contributed by atoms with Crippen molar-refractivity contribution in [2.24, 2.45) is 4.99 Å². The average molecular weight is 352 g/mol. The molecule has 2 nitrogen and oxygen atoms in total. The summed E-state index contributed by atoms with van der Waals surface area (Å²) >= 11 is 1.64. The highest BCUT2D eigenvalue weighted by atomic mass is 127. The molecule has 3 rings (SSSR count). The largest absolute Gasteiger partial charge is 0.241 e. The topological polar surface area (TPSA) is 36.1 Å². The van der Waals surface area contributed by atoms with E-state index in [1.807, 2.05) is 30.5 Å². The molecule has 84 valence electrons. The van der Waals surface area contributed by atoms with Gasteiger partial charge < -0.3 is 0 Å². The Morgan fingerprint density at radius 3 is 2.76 bits per heavy atom. The van der Waals surface area contributed by atoms with Crippen molar-refractivity contribution in [2.45, 2.75) is 0 Å². The molecule has 0 atom stereocenters. The summed E-state index contributed by atoms with van der Waals surface area (Å²) in [6, 6.07) is 12.0. The van der Waals surface area contributed by atoms with Gasteiger partial charge in [0.1, 0.15) is 5.04 Å². The van der Waals surface area contributed by atoms with Crippen LogP contribution in [0.25, 0.3) is 10.8 Å². The van der Waals surface area contributed by atoms with Crippen LogP contribution in [0.15, 0.2) is 35.3 Å². The molecule has 17 heavy (non-hydrogen) atoms. The van der Waals surface area contributed by atoms with Crippen molar-refractivity contribution in [3.8, 4) is 6.07 Å². The van der Waals surface area contributed by atoms with Gasteiger partial charge in [-0.15, -0.1) is 35.7 Å². The van der Waals surface area contributed by atoms with Crippen molar-refractivity contribution in [3.05, 3.63) is 41.5 Å². The molecule has 0 spiro atoms. The van der Waals surface area contributed by atoms with Crippen molar-refractivity contribution in [2.75, 3.05) is 6.26 Å². The number of hydrogen-bond acceptors (Lipinski definition) is 3. The zero-order valence-corrected chi connectivity index (χ0v) is 12.2. The van der Waals surface area contributed by atoms with Crippen LogP contribution in [-0.2, 0) is 0 Å². The molecular weight excluding hydrogens is 343 g/mol. The third-order valence-electron chi connectivity index (χ3n) is 2.78. The fraction of sp³-hybridized carbons (Fsp3) is 0.0769. The van der Waals surface area contributed by atoms with Crippen LogP contribution in [-0.4, -0.2) is 11.3 Å². The summed E-state index contributed by atoms with van der Waals surface area (Å²) in [5, 5.41) is 12.2. The molecule has 0 aromatic heterocycles. The van der Waals surface area contributed by atoms with Crippen molar-refractivity contribution in [1.29, 1.82) is 5.26 Å². The Morgan fingerprint density at radius 2 is 2.06 bits per heavy atom. The van der Waals surface area contributed by atoms with Gasteiger partial charge in [-0.05, 0) is 18.4 Å². The summed E-state index contributed by atoms with van der Waals surface area (Å²) in [5.41, 5.74) is 2.85. The molecule has 0 radical (unpaired) electrons. The van der Waals surface area contributed by atoms with E-state index in [1.165, 1.54) is 0 Å². The normalized spacial score (nSPS) is 11.9. The van der Waals surface area contributed by atoms with Crippen LogP contribution in [0.2, 0.25) is 0 Å². The van der Waals surface area contributed by atoms with Crippen LogP contribution < -0.4 is 0 Å². The highest BCUT2D eigenvalue weighted by Crippen LogP contribution is 2.38. The van der Waals surface area contributed by atoms with Crippen molar-refractivity contribution in [3.63, 3.8) is 0 Å². The van der Waals surface area contributed by atoms with Gasteiger partial charge in [-0.25, -0.2) is 4.99 Å². The first kappa shape index (κ1) is 12.4. The summed E-state index contributed by atoms with van der Waals surface area (Å²) in [5.74, 6) is 0. The van der Waals surface area contributed by atoms with Gasteiger partial charge in [0.25, 0.3) is 0 Å². The van der Waals surface area contributed by atoms with Crippen molar-refractivity contribution in [1.82, 2.24) is 0 Å². The zero-order chi connectivity index (χ0) is 11.1. The molecule has 0 saturated carbocycles. The first-order valence-corrected chi connectivity index (χ1v) is 6.16. The van der Waals surface area contributed by atoms with Gasteiger partial charge in [-0.2, -0.15) is 5.26 Å². The van der Waals surface area contributed by atoms with Gasteiger partial charge in [-0.1, -0.05) is 18.2 Å². The summed E-state index contributed by atoms with van der Waals surface area (Å²) in [4.78, 5) is 4.56. The Labute approximate surface area is 121 Å². The first-order valence-electron chi connectivity index (χ1n) is 4.94. The molecule has 1 heterocycles. The van der Waals surface area contributed by atoms with E-state index in [-0.39, 0.29) is 24.0 Å². The number of halogens is 1. The van der Waals surface area contributed by atoms with Gasteiger partial charge in [0, 0.05) is 16.3 Å². The minimum atomic E-state index is 0. The molecular formula is C13H9IN2S. The predicted molar refractivity (Wildman–Crippen MR) is 83.8 cm³/mol. The second-order valence-electron chi connectivity index (χ2n) is 3.59. The minimum absolute atomic E-state index is 0. The standard InChI is InChI=1S/C13H8N2S.HI/c1-16-13-10-4-2-3-9-8(7-14)5-6-11(15-13)12(9)10;/h2-6H,1H3;1H. The van der Waals surface area contributed by atoms with Crippen LogP contribution in [0.1, 0.15) is 11.1 Å². The van der Waals surface area contributed by atoms with E-state index in [1.54, 1.807) is 11.8 Å². The van der Waals surface area contributed by atoms with Gasteiger partial charge in [-0.3, -0.25) is 0 Å². The molecule has 0 amide bonds. The number of nitriles is 1. The minimum Gasteiger partial charge on any atom is -0.241 e. The Hall–Kier alpha value is -1.06. The first-order chi connectivity index (χ1) is 7.85. The van der Waals surface area contributed by atoms with E-state index in [4.69, 9.17) is 5.26 Å². The van der Waals surface area contributed by atoms with Crippen LogP contribution >= 0.6 is 35.7 Å². The summed E-state index contributed by atoms with van der Waals surface area (Å²) in [6.45, 7) is 0. The lowest BCUT2D eigenvalue weighted by Crippen LogP contribution is -1.90. The highest BCUT2D eigenvalue weighted by molar-refractivity contribution is 14.0. The number of rotatable bonds is 0. The van der Waals surface area contributed by atoms with Crippen molar-refractivity contribution >= 4 is 57.2 Å². The van der Waals surface area contributed by atoms with Crippen LogP contribution in [0.3, 0.4) is 0 Å². The monoisotopic (exact) mass is 352 g/mol. The molecule has 1 aliphatic heterocycles. The summed E-state index contributed by atoms with van der Waals surface area (Å²) < 4.78 is 0. The maximum Gasteiger partial charge on any atom is 0.104 e. The molecule has 0 unspecified atom stereocenters. The lowest BCUT2D eigenvalue weighted by molar-refractivity contribution is 1.50. The van der Waals surface area contributed by atoms with Gasteiger partial charge in [0.2, 0.25) is 0 Å². The maximum atomic E-state index is 9.07. The zero-order valence-electron chi connectivity index (χ0n) is 9.10. The molecule has 2 aromatic carbocycles. The Kier molecular flexibility index (Phi) is 3.40. The number of hydrogen-bond donors (Lipinski definition) is 0. The number of nitrogens with zero attached hydrogens (tertiary/aromatic N) is 2. The van der Waals surface area contributed by atoms with E-state index in [0.29, 0.717) is 0 Å². The van der Waals surface area contributed by atoms with E-state index < -0.39 is 0 Å². The molecule has 0 N–H and O–H groups in total.